The molecule has 0 spiro atoms. The smallest absolute Gasteiger partial charge is 0.368 e. The first kappa shape index (κ1) is 12.2. The molecule has 2 rings (SSSR count). The SMILES string of the molecule is Cc1oc(=O)c(SCc2ccccc2)nc1Cl. The lowest BCUT2D eigenvalue weighted by atomic mass is 10.2. The lowest BCUT2D eigenvalue weighted by Gasteiger charge is -2.01. The molecule has 0 aliphatic heterocycles. The van der Waals surface area contributed by atoms with Crippen molar-refractivity contribution in [2.45, 2.75) is 17.7 Å². The van der Waals surface area contributed by atoms with E-state index >= 15 is 0 Å². The van der Waals surface area contributed by atoms with Crippen molar-refractivity contribution in [2.24, 2.45) is 0 Å². The van der Waals surface area contributed by atoms with Gasteiger partial charge in [-0.25, -0.2) is 9.78 Å². The normalized spacial score (nSPS) is 10.5. The first-order chi connectivity index (χ1) is 8.16. The zero-order valence-corrected chi connectivity index (χ0v) is 10.7. The first-order valence-electron chi connectivity index (χ1n) is 5.01. The summed E-state index contributed by atoms with van der Waals surface area (Å²) in [6.07, 6.45) is 0. The van der Waals surface area contributed by atoms with E-state index in [1.807, 2.05) is 30.3 Å². The number of aryl methyl sites for hydroxylation is 1. The highest BCUT2D eigenvalue weighted by atomic mass is 35.5. The Morgan fingerprint density at radius 1 is 1.35 bits per heavy atom. The lowest BCUT2D eigenvalue weighted by Crippen LogP contribution is -2.06. The maximum absolute atomic E-state index is 11.5. The predicted octanol–water partition coefficient (Wildman–Crippen LogP) is 3.29. The molecule has 0 saturated heterocycles. The molecule has 88 valence electrons. The Morgan fingerprint density at radius 2 is 2.06 bits per heavy atom. The van der Waals surface area contributed by atoms with Crippen LogP contribution in [0.2, 0.25) is 5.15 Å². The summed E-state index contributed by atoms with van der Waals surface area (Å²) in [6.45, 7) is 1.61. The van der Waals surface area contributed by atoms with Crippen molar-refractivity contribution in [1.82, 2.24) is 4.98 Å². The molecule has 3 nitrogen and oxygen atoms in total. The average Bonchev–Trinajstić information content (AvgIpc) is 2.33. The molecule has 0 aliphatic rings. The highest BCUT2D eigenvalue weighted by Gasteiger charge is 2.09. The number of rotatable bonds is 3. The summed E-state index contributed by atoms with van der Waals surface area (Å²) >= 11 is 7.13. The molecule has 1 heterocycles. The fraction of sp³-hybridized carbons (Fsp3) is 0.167. The van der Waals surface area contributed by atoms with Gasteiger partial charge in [-0.1, -0.05) is 53.7 Å². The van der Waals surface area contributed by atoms with Gasteiger partial charge < -0.3 is 4.42 Å². The molecule has 0 atom stereocenters. The van der Waals surface area contributed by atoms with E-state index in [4.69, 9.17) is 16.0 Å². The van der Waals surface area contributed by atoms with E-state index in [0.29, 0.717) is 16.5 Å². The number of nitrogens with zero attached hydrogens (tertiary/aromatic N) is 1. The van der Waals surface area contributed by atoms with Gasteiger partial charge in [-0.15, -0.1) is 0 Å². The van der Waals surface area contributed by atoms with Crippen LogP contribution in [0.25, 0.3) is 0 Å². The van der Waals surface area contributed by atoms with Crippen molar-refractivity contribution in [3.8, 4) is 0 Å². The van der Waals surface area contributed by atoms with E-state index in [2.05, 4.69) is 4.98 Å². The molecule has 0 fully saturated rings. The van der Waals surface area contributed by atoms with Gasteiger partial charge in [-0.2, -0.15) is 0 Å². The van der Waals surface area contributed by atoms with Crippen molar-refractivity contribution in [2.75, 3.05) is 0 Å². The molecule has 17 heavy (non-hydrogen) atoms. The van der Waals surface area contributed by atoms with Gasteiger partial charge in [-0.3, -0.25) is 0 Å². The zero-order valence-electron chi connectivity index (χ0n) is 9.14. The van der Waals surface area contributed by atoms with Crippen LogP contribution in [0.1, 0.15) is 11.3 Å². The Balaban J connectivity index is 2.15. The van der Waals surface area contributed by atoms with E-state index in [1.165, 1.54) is 11.8 Å². The van der Waals surface area contributed by atoms with Gasteiger partial charge in [0.2, 0.25) is 0 Å². The zero-order chi connectivity index (χ0) is 12.3. The molecule has 0 amide bonds. The third-order valence-corrected chi connectivity index (χ3v) is 3.49. The van der Waals surface area contributed by atoms with Crippen molar-refractivity contribution in [3.63, 3.8) is 0 Å². The number of halogens is 1. The van der Waals surface area contributed by atoms with Crippen LogP contribution in [0.15, 0.2) is 44.6 Å². The Bertz CT molecular complexity index is 568. The molecule has 1 aromatic heterocycles. The Morgan fingerprint density at radius 3 is 2.76 bits per heavy atom. The number of hydrogen-bond donors (Lipinski definition) is 0. The van der Waals surface area contributed by atoms with Crippen LogP contribution in [0, 0.1) is 6.92 Å². The van der Waals surface area contributed by atoms with Crippen molar-refractivity contribution >= 4 is 23.4 Å². The molecule has 0 aliphatic carbocycles. The molecule has 0 saturated carbocycles. The predicted molar refractivity (Wildman–Crippen MR) is 68.5 cm³/mol. The topological polar surface area (TPSA) is 43.1 Å². The fourth-order valence-corrected chi connectivity index (χ4v) is 2.24. The molecular weight excluding hydrogens is 258 g/mol. The molecule has 0 bridgehead atoms. The average molecular weight is 268 g/mol. The van der Waals surface area contributed by atoms with Crippen LogP contribution in [0.4, 0.5) is 0 Å². The molecule has 1 aromatic carbocycles. The van der Waals surface area contributed by atoms with Gasteiger partial charge >= 0.3 is 5.63 Å². The summed E-state index contributed by atoms with van der Waals surface area (Å²) < 4.78 is 4.96. The van der Waals surface area contributed by atoms with Crippen LogP contribution < -0.4 is 5.63 Å². The lowest BCUT2D eigenvalue weighted by molar-refractivity contribution is 0.453. The minimum absolute atomic E-state index is 0.236. The van der Waals surface area contributed by atoms with E-state index < -0.39 is 5.63 Å². The Labute approximate surface area is 108 Å². The molecule has 0 unspecified atom stereocenters. The van der Waals surface area contributed by atoms with Gasteiger partial charge in [0.1, 0.15) is 5.76 Å². The van der Waals surface area contributed by atoms with Crippen LogP contribution in [-0.2, 0) is 5.75 Å². The summed E-state index contributed by atoms with van der Waals surface area (Å²) in [5.74, 6) is 1.01. The number of thioether (sulfide) groups is 1. The second-order valence-corrected chi connectivity index (χ2v) is 4.75. The molecular formula is C12H10ClNO2S. The van der Waals surface area contributed by atoms with Gasteiger partial charge in [0.25, 0.3) is 0 Å². The molecule has 0 N–H and O–H groups in total. The number of hydrogen-bond acceptors (Lipinski definition) is 4. The summed E-state index contributed by atoms with van der Waals surface area (Å²) in [4.78, 5) is 15.5. The fourth-order valence-electron chi connectivity index (χ4n) is 1.26. The maximum Gasteiger partial charge on any atom is 0.368 e. The van der Waals surface area contributed by atoms with E-state index in [9.17, 15) is 4.79 Å². The summed E-state index contributed by atoms with van der Waals surface area (Å²) in [5.41, 5.74) is 0.684. The number of aromatic nitrogens is 1. The maximum atomic E-state index is 11.5. The van der Waals surface area contributed by atoms with E-state index in [0.717, 1.165) is 5.56 Å². The van der Waals surface area contributed by atoms with Crippen LogP contribution >= 0.6 is 23.4 Å². The van der Waals surface area contributed by atoms with Crippen LogP contribution in [0.3, 0.4) is 0 Å². The van der Waals surface area contributed by atoms with Gasteiger partial charge in [0.15, 0.2) is 10.2 Å². The van der Waals surface area contributed by atoms with Crippen molar-refractivity contribution in [3.05, 3.63) is 57.2 Å². The largest absolute Gasteiger partial charge is 0.423 e. The second kappa shape index (κ2) is 5.38. The van der Waals surface area contributed by atoms with E-state index in [1.54, 1.807) is 6.92 Å². The molecule has 5 heteroatoms. The third kappa shape index (κ3) is 3.11. The van der Waals surface area contributed by atoms with Crippen LogP contribution in [0.5, 0.6) is 0 Å². The molecule has 0 radical (unpaired) electrons. The van der Waals surface area contributed by atoms with Crippen molar-refractivity contribution < 1.29 is 4.42 Å². The van der Waals surface area contributed by atoms with Gasteiger partial charge in [-0.05, 0) is 12.5 Å². The first-order valence-corrected chi connectivity index (χ1v) is 6.37. The van der Waals surface area contributed by atoms with Gasteiger partial charge in [0, 0.05) is 5.75 Å². The highest BCUT2D eigenvalue weighted by Crippen LogP contribution is 2.20. The Kier molecular flexibility index (Phi) is 3.86. The van der Waals surface area contributed by atoms with E-state index in [-0.39, 0.29) is 5.15 Å². The third-order valence-electron chi connectivity index (χ3n) is 2.13. The quantitative estimate of drug-likeness (QED) is 0.801. The summed E-state index contributed by atoms with van der Waals surface area (Å²) in [5, 5.41) is 0.532. The van der Waals surface area contributed by atoms with Crippen LogP contribution in [-0.4, -0.2) is 4.98 Å². The Hall–Kier alpha value is -1.26. The monoisotopic (exact) mass is 267 g/mol. The minimum atomic E-state index is -0.437. The highest BCUT2D eigenvalue weighted by molar-refractivity contribution is 7.98. The van der Waals surface area contributed by atoms with Crippen molar-refractivity contribution in [1.29, 1.82) is 0 Å². The van der Waals surface area contributed by atoms with Gasteiger partial charge in [0.05, 0.1) is 0 Å². The number of benzene rings is 1. The summed E-state index contributed by atoms with van der Waals surface area (Å²) in [6, 6.07) is 9.83. The molecule has 2 aromatic rings. The minimum Gasteiger partial charge on any atom is -0.423 e. The summed E-state index contributed by atoms with van der Waals surface area (Å²) in [7, 11) is 0. The standard InChI is InChI=1S/C12H10ClNO2S/c1-8-10(13)14-11(12(15)16-8)17-7-9-5-3-2-4-6-9/h2-6H,7H2,1H3. The second-order valence-electron chi connectivity index (χ2n) is 3.43.